The Kier molecular flexibility index (Phi) is 5.87. The number of urea groups is 1. The summed E-state index contributed by atoms with van der Waals surface area (Å²) in [6, 6.07) is 5.82. The normalized spacial score (nSPS) is 29.8. The van der Waals surface area contributed by atoms with E-state index >= 15 is 0 Å². The third-order valence-electron chi connectivity index (χ3n) is 6.70. The van der Waals surface area contributed by atoms with Crippen LogP contribution in [0.4, 0.5) is 9.59 Å². The van der Waals surface area contributed by atoms with Crippen molar-refractivity contribution in [3.8, 4) is 0 Å². The van der Waals surface area contributed by atoms with E-state index in [1.807, 2.05) is 9.80 Å². The van der Waals surface area contributed by atoms with Crippen LogP contribution in [0, 0.1) is 11.8 Å². The van der Waals surface area contributed by atoms with Crippen molar-refractivity contribution in [2.75, 3.05) is 39.3 Å². The predicted molar refractivity (Wildman–Crippen MR) is 115 cm³/mol. The molecule has 1 aromatic rings. The number of hydrazine groups is 2. The molecule has 2 unspecified atom stereocenters. The highest BCUT2D eigenvalue weighted by atomic mass is 35.5. The van der Waals surface area contributed by atoms with Gasteiger partial charge in [-0.15, -0.1) is 0 Å². The Balaban J connectivity index is 1.10. The van der Waals surface area contributed by atoms with Gasteiger partial charge in [0.1, 0.15) is 6.61 Å². The van der Waals surface area contributed by atoms with Gasteiger partial charge in [0.15, 0.2) is 0 Å². The fourth-order valence-electron chi connectivity index (χ4n) is 5.10. The molecule has 3 N–H and O–H groups in total. The number of hydrogen-bond donors (Lipinski definition) is 3. The van der Waals surface area contributed by atoms with Crippen LogP contribution in [0.2, 0.25) is 10.0 Å². The highest BCUT2D eigenvalue weighted by Gasteiger charge is 2.45. The first-order valence-corrected chi connectivity index (χ1v) is 11.4. The fourth-order valence-corrected chi connectivity index (χ4v) is 5.67. The molecule has 4 fully saturated rings. The molecule has 4 aliphatic heterocycles. The molecule has 4 saturated heterocycles. The molecule has 0 radical (unpaired) electrons. The van der Waals surface area contributed by atoms with Crippen molar-refractivity contribution in [2.24, 2.45) is 11.8 Å². The quantitative estimate of drug-likeness (QED) is 0.611. The van der Waals surface area contributed by atoms with Crippen LogP contribution < -0.4 is 16.4 Å². The predicted octanol–water partition coefficient (Wildman–Crippen LogP) is 1.67. The number of amides is 3. The standard InChI is InChI=1S/C20H26Cl2N6O3/c21-15-3-12(4-16(22)5-15)11-31-20(30)28-8-13-6-27(7-14(13)9-28)19(29)26-2-1-17-18(10-26)24-25-23-17/h3-5,13-14,17-18,23-25H,1-2,6-11H2/t13-,14+,17?,18?. The number of ether oxygens (including phenoxy) is 1. The van der Waals surface area contributed by atoms with Gasteiger partial charge in [0, 0.05) is 67.2 Å². The zero-order valence-corrected chi connectivity index (χ0v) is 18.5. The monoisotopic (exact) mass is 468 g/mol. The van der Waals surface area contributed by atoms with Crippen LogP contribution in [0.25, 0.3) is 0 Å². The lowest BCUT2D eigenvalue weighted by molar-refractivity contribution is 0.0991. The van der Waals surface area contributed by atoms with Crippen molar-refractivity contribution in [2.45, 2.75) is 25.1 Å². The van der Waals surface area contributed by atoms with Crippen molar-refractivity contribution < 1.29 is 14.3 Å². The van der Waals surface area contributed by atoms with E-state index in [1.165, 1.54) is 0 Å². The van der Waals surface area contributed by atoms with E-state index in [0.717, 1.165) is 18.5 Å². The summed E-state index contributed by atoms with van der Waals surface area (Å²) in [4.78, 5) is 31.2. The van der Waals surface area contributed by atoms with Crippen LogP contribution in [0.3, 0.4) is 0 Å². The van der Waals surface area contributed by atoms with Crippen LogP contribution in [0.1, 0.15) is 12.0 Å². The molecule has 0 saturated carbocycles. The van der Waals surface area contributed by atoms with E-state index in [9.17, 15) is 9.59 Å². The number of rotatable bonds is 2. The minimum atomic E-state index is -0.335. The van der Waals surface area contributed by atoms with Gasteiger partial charge >= 0.3 is 12.1 Å². The van der Waals surface area contributed by atoms with Gasteiger partial charge < -0.3 is 19.4 Å². The molecule has 4 heterocycles. The fraction of sp³-hybridized carbons (Fsp3) is 0.600. The Morgan fingerprint density at radius 3 is 2.26 bits per heavy atom. The second-order valence-corrected chi connectivity index (χ2v) is 9.68. The van der Waals surface area contributed by atoms with Crippen molar-refractivity contribution in [3.05, 3.63) is 33.8 Å². The Morgan fingerprint density at radius 2 is 1.55 bits per heavy atom. The minimum Gasteiger partial charge on any atom is -0.445 e. The van der Waals surface area contributed by atoms with Crippen LogP contribution in [0.15, 0.2) is 18.2 Å². The smallest absolute Gasteiger partial charge is 0.410 e. The number of likely N-dealkylation sites (tertiary alicyclic amines) is 3. The number of halogens is 2. The average molecular weight is 469 g/mol. The molecule has 4 aliphatic rings. The molecule has 0 spiro atoms. The van der Waals surface area contributed by atoms with Gasteiger partial charge in [-0.1, -0.05) is 23.2 Å². The summed E-state index contributed by atoms with van der Waals surface area (Å²) in [5.41, 5.74) is 10.1. The SMILES string of the molecule is O=C(OCc1cc(Cl)cc(Cl)c1)N1C[C@@H]2CN(C(=O)N3CCC4NNNC4C3)C[C@@H]2C1. The van der Waals surface area contributed by atoms with E-state index in [1.54, 1.807) is 23.1 Å². The first-order chi connectivity index (χ1) is 15.0. The summed E-state index contributed by atoms with van der Waals surface area (Å²) in [6.07, 6.45) is 0.590. The summed E-state index contributed by atoms with van der Waals surface area (Å²) >= 11 is 12.0. The van der Waals surface area contributed by atoms with Crippen LogP contribution in [0.5, 0.6) is 0 Å². The van der Waals surface area contributed by atoms with Crippen LogP contribution in [-0.2, 0) is 11.3 Å². The van der Waals surface area contributed by atoms with Gasteiger partial charge in [-0.05, 0) is 30.2 Å². The topological polar surface area (TPSA) is 89.2 Å². The third-order valence-corrected chi connectivity index (χ3v) is 7.13. The molecule has 31 heavy (non-hydrogen) atoms. The summed E-state index contributed by atoms with van der Waals surface area (Å²) in [6.45, 7) is 4.19. The highest BCUT2D eigenvalue weighted by molar-refractivity contribution is 6.34. The second-order valence-electron chi connectivity index (χ2n) is 8.81. The molecule has 0 aliphatic carbocycles. The Labute approximate surface area is 190 Å². The number of nitrogens with one attached hydrogen (secondary N) is 3. The zero-order valence-electron chi connectivity index (χ0n) is 17.0. The second kappa shape index (κ2) is 8.63. The average Bonchev–Trinajstić information content (AvgIpc) is 3.44. The number of benzene rings is 1. The molecule has 5 rings (SSSR count). The molecule has 4 atom stereocenters. The van der Waals surface area contributed by atoms with Crippen molar-refractivity contribution in [1.29, 1.82) is 0 Å². The summed E-state index contributed by atoms with van der Waals surface area (Å²) in [5.74, 6) is 0.588. The molecular formula is C20H26Cl2N6O3. The van der Waals surface area contributed by atoms with Gasteiger partial charge in [-0.2, -0.15) is 5.53 Å². The molecular weight excluding hydrogens is 443 g/mol. The maximum atomic E-state index is 13.0. The van der Waals surface area contributed by atoms with Crippen molar-refractivity contribution >= 4 is 35.3 Å². The van der Waals surface area contributed by atoms with Gasteiger partial charge in [0.2, 0.25) is 0 Å². The lowest BCUT2D eigenvalue weighted by atomic mass is 10.0. The van der Waals surface area contributed by atoms with Crippen LogP contribution in [-0.4, -0.2) is 78.2 Å². The molecule has 1 aromatic carbocycles. The Hall–Kier alpha value is -1.78. The number of nitrogens with zero attached hydrogens (tertiary/aromatic N) is 3. The number of fused-ring (bicyclic) bond motifs is 2. The molecule has 11 heteroatoms. The Bertz CT molecular complexity index is 839. The molecule has 0 aromatic heterocycles. The lowest BCUT2D eigenvalue weighted by Gasteiger charge is -2.36. The molecule has 168 valence electrons. The summed E-state index contributed by atoms with van der Waals surface area (Å²) < 4.78 is 5.46. The first kappa shape index (κ1) is 21.1. The maximum Gasteiger partial charge on any atom is 0.410 e. The molecule has 0 bridgehead atoms. The molecule has 9 nitrogen and oxygen atoms in total. The van der Waals surface area contributed by atoms with E-state index in [-0.39, 0.29) is 24.8 Å². The summed E-state index contributed by atoms with van der Waals surface area (Å²) in [5, 5.41) is 1.03. The number of carbonyl (C=O) groups is 2. The van der Waals surface area contributed by atoms with Gasteiger partial charge in [-0.3, -0.25) is 0 Å². The van der Waals surface area contributed by atoms with Gasteiger partial charge in [0.25, 0.3) is 0 Å². The highest BCUT2D eigenvalue weighted by Crippen LogP contribution is 2.32. The summed E-state index contributed by atoms with van der Waals surface area (Å²) in [7, 11) is 0. The zero-order chi connectivity index (χ0) is 21.5. The van der Waals surface area contributed by atoms with E-state index in [2.05, 4.69) is 16.4 Å². The maximum absolute atomic E-state index is 13.0. The van der Waals surface area contributed by atoms with E-state index in [0.29, 0.717) is 60.6 Å². The number of carbonyl (C=O) groups excluding carboxylic acids is 2. The van der Waals surface area contributed by atoms with Gasteiger partial charge in [-0.25, -0.2) is 20.4 Å². The molecule has 3 amide bonds. The lowest BCUT2D eigenvalue weighted by Crippen LogP contribution is -2.55. The third kappa shape index (κ3) is 4.42. The van der Waals surface area contributed by atoms with Crippen molar-refractivity contribution in [1.82, 2.24) is 31.1 Å². The van der Waals surface area contributed by atoms with E-state index < -0.39 is 0 Å². The number of piperidine rings is 1. The van der Waals surface area contributed by atoms with Crippen LogP contribution >= 0.6 is 23.2 Å². The number of hydrogen-bond acceptors (Lipinski definition) is 6. The van der Waals surface area contributed by atoms with Gasteiger partial charge in [0.05, 0.1) is 6.04 Å². The Morgan fingerprint density at radius 1 is 0.903 bits per heavy atom. The van der Waals surface area contributed by atoms with E-state index in [4.69, 9.17) is 27.9 Å². The minimum absolute atomic E-state index is 0.105. The van der Waals surface area contributed by atoms with Crippen molar-refractivity contribution in [3.63, 3.8) is 0 Å². The first-order valence-electron chi connectivity index (χ1n) is 10.6. The largest absolute Gasteiger partial charge is 0.445 e.